The second-order valence-electron chi connectivity index (χ2n) is 8.36. The molecule has 0 aromatic heterocycles. The molecule has 0 saturated carbocycles. The molecule has 2 aromatic carbocycles. The van der Waals surface area contributed by atoms with Crippen LogP contribution in [0.5, 0.6) is 11.5 Å². The van der Waals surface area contributed by atoms with Crippen molar-refractivity contribution in [1.29, 1.82) is 0 Å². The Balaban J connectivity index is 2.07. The van der Waals surface area contributed by atoms with Crippen LogP contribution >= 0.6 is 0 Å². The lowest BCUT2D eigenvalue weighted by atomic mass is 10.0. The van der Waals surface area contributed by atoms with Crippen molar-refractivity contribution in [2.24, 2.45) is 5.92 Å². The molecule has 0 aliphatic heterocycles. The van der Waals surface area contributed by atoms with E-state index in [-0.39, 0.29) is 23.4 Å². The average Bonchev–Trinajstić information content (AvgIpc) is 2.78. The summed E-state index contributed by atoms with van der Waals surface area (Å²) in [6, 6.07) is 13.7. The lowest BCUT2D eigenvalue weighted by molar-refractivity contribution is -0.136. The topological polar surface area (TPSA) is 102 Å². The van der Waals surface area contributed by atoms with Crippen LogP contribution in [0.4, 0.5) is 4.79 Å². The van der Waals surface area contributed by atoms with Crippen LogP contribution in [0.25, 0.3) is 0 Å². The van der Waals surface area contributed by atoms with Crippen LogP contribution in [0.2, 0.25) is 0 Å². The number of aryl methyl sites for hydroxylation is 1. The van der Waals surface area contributed by atoms with Crippen molar-refractivity contribution in [2.75, 3.05) is 0 Å². The number of carbonyl (C=O) groups is 2. The summed E-state index contributed by atoms with van der Waals surface area (Å²) in [5.74, 6) is -0.0787. The molecule has 32 heavy (non-hydrogen) atoms. The molecule has 0 saturated heterocycles. The molecule has 0 radical (unpaired) electrons. The second kappa shape index (κ2) is 12.6. The van der Waals surface area contributed by atoms with Gasteiger partial charge in [-0.3, -0.25) is 4.79 Å². The summed E-state index contributed by atoms with van der Waals surface area (Å²) in [7, 11) is 0. The van der Waals surface area contributed by atoms with Gasteiger partial charge in [0.2, 0.25) is 5.91 Å². The summed E-state index contributed by atoms with van der Waals surface area (Å²) in [5, 5.41) is 24.1. The lowest BCUT2D eigenvalue weighted by Gasteiger charge is -2.32. The SMILES string of the molecule is CCC(CCc1cccc(O)c1O)N(NC(=O)NCc1ccccc1)C(=O)CCC(C)C. The number of hydrogen-bond donors (Lipinski definition) is 4. The van der Waals surface area contributed by atoms with Gasteiger partial charge in [0.15, 0.2) is 11.5 Å². The maximum atomic E-state index is 13.0. The summed E-state index contributed by atoms with van der Waals surface area (Å²) >= 11 is 0. The fraction of sp³-hybridized carbons (Fsp3) is 0.440. The first-order valence-corrected chi connectivity index (χ1v) is 11.2. The zero-order chi connectivity index (χ0) is 23.5. The normalized spacial score (nSPS) is 11.8. The molecule has 7 heteroatoms. The van der Waals surface area contributed by atoms with E-state index in [0.717, 1.165) is 12.0 Å². The van der Waals surface area contributed by atoms with Gasteiger partial charge in [-0.25, -0.2) is 15.2 Å². The van der Waals surface area contributed by atoms with E-state index < -0.39 is 6.03 Å². The van der Waals surface area contributed by atoms with E-state index in [1.165, 1.54) is 11.1 Å². The van der Waals surface area contributed by atoms with Crippen molar-refractivity contribution in [3.63, 3.8) is 0 Å². The predicted octanol–water partition coefficient (Wildman–Crippen LogP) is 4.49. The van der Waals surface area contributed by atoms with E-state index in [1.54, 1.807) is 12.1 Å². The number of aromatic hydroxyl groups is 2. The van der Waals surface area contributed by atoms with Crippen molar-refractivity contribution in [2.45, 2.75) is 65.5 Å². The Kier molecular flexibility index (Phi) is 9.85. The molecule has 174 valence electrons. The number of amides is 3. The first kappa shape index (κ1) is 25.0. The number of benzene rings is 2. The molecule has 0 heterocycles. The van der Waals surface area contributed by atoms with Gasteiger partial charge in [0.25, 0.3) is 0 Å². The molecular formula is C25H35N3O4. The highest BCUT2D eigenvalue weighted by atomic mass is 16.3. The summed E-state index contributed by atoms with van der Waals surface area (Å²) in [6.45, 7) is 6.42. The van der Waals surface area contributed by atoms with Gasteiger partial charge in [-0.05, 0) is 48.8 Å². The zero-order valence-electron chi connectivity index (χ0n) is 19.2. The van der Waals surface area contributed by atoms with Crippen molar-refractivity contribution in [1.82, 2.24) is 15.8 Å². The van der Waals surface area contributed by atoms with E-state index in [9.17, 15) is 19.8 Å². The number of hydrogen-bond acceptors (Lipinski definition) is 4. The molecule has 3 amide bonds. The fourth-order valence-electron chi connectivity index (χ4n) is 3.43. The number of rotatable bonds is 10. The van der Waals surface area contributed by atoms with Gasteiger partial charge >= 0.3 is 6.03 Å². The van der Waals surface area contributed by atoms with Crippen LogP contribution in [0, 0.1) is 5.92 Å². The van der Waals surface area contributed by atoms with Gasteiger partial charge in [0.05, 0.1) is 6.04 Å². The highest BCUT2D eigenvalue weighted by Crippen LogP contribution is 2.29. The first-order chi connectivity index (χ1) is 15.3. The molecule has 1 atom stereocenters. The van der Waals surface area contributed by atoms with E-state index in [1.807, 2.05) is 37.3 Å². The summed E-state index contributed by atoms with van der Waals surface area (Å²) in [6.07, 6.45) is 2.68. The number of urea groups is 1. The van der Waals surface area contributed by atoms with Crippen LogP contribution in [0.3, 0.4) is 0 Å². The number of nitrogens with zero attached hydrogens (tertiary/aromatic N) is 1. The molecule has 7 nitrogen and oxygen atoms in total. The van der Waals surface area contributed by atoms with Crippen LogP contribution in [0.1, 0.15) is 57.6 Å². The Bertz CT molecular complexity index is 871. The van der Waals surface area contributed by atoms with Crippen molar-refractivity contribution < 1.29 is 19.8 Å². The highest BCUT2D eigenvalue weighted by molar-refractivity contribution is 5.81. The van der Waals surface area contributed by atoms with Gasteiger partial charge in [-0.15, -0.1) is 0 Å². The lowest BCUT2D eigenvalue weighted by Crippen LogP contribution is -2.54. The second-order valence-corrected chi connectivity index (χ2v) is 8.36. The van der Waals surface area contributed by atoms with Crippen molar-refractivity contribution in [3.8, 4) is 11.5 Å². The minimum atomic E-state index is -0.439. The largest absolute Gasteiger partial charge is 0.504 e. The highest BCUT2D eigenvalue weighted by Gasteiger charge is 2.25. The molecule has 0 spiro atoms. The Hall–Kier alpha value is -3.22. The predicted molar refractivity (Wildman–Crippen MR) is 125 cm³/mol. The van der Waals surface area contributed by atoms with Gasteiger partial charge in [-0.2, -0.15) is 0 Å². The zero-order valence-corrected chi connectivity index (χ0v) is 19.2. The molecule has 4 N–H and O–H groups in total. The first-order valence-electron chi connectivity index (χ1n) is 11.2. The minimum Gasteiger partial charge on any atom is -0.504 e. The minimum absolute atomic E-state index is 0.138. The number of para-hydroxylation sites is 1. The van der Waals surface area contributed by atoms with Crippen LogP contribution < -0.4 is 10.7 Å². The van der Waals surface area contributed by atoms with Crippen LogP contribution in [-0.4, -0.2) is 33.2 Å². The monoisotopic (exact) mass is 441 g/mol. The Morgan fingerprint density at radius 2 is 1.72 bits per heavy atom. The molecule has 1 unspecified atom stereocenters. The standard InChI is InChI=1S/C25H35N3O4/c1-4-21(15-14-20-11-8-12-22(29)24(20)31)28(23(30)16-13-18(2)3)27-25(32)26-17-19-9-6-5-7-10-19/h5-12,18,21,29,31H,4,13-17H2,1-3H3,(H2,26,27,32). The van der Waals surface area contributed by atoms with Gasteiger partial charge in [-0.1, -0.05) is 63.2 Å². The maximum Gasteiger partial charge on any atom is 0.333 e. The third-order valence-electron chi connectivity index (χ3n) is 5.40. The van der Waals surface area contributed by atoms with E-state index in [2.05, 4.69) is 24.6 Å². The van der Waals surface area contributed by atoms with Gasteiger partial charge < -0.3 is 15.5 Å². The molecule has 2 aromatic rings. The Morgan fingerprint density at radius 3 is 2.38 bits per heavy atom. The summed E-state index contributed by atoms with van der Waals surface area (Å²) < 4.78 is 0. The number of nitrogens with one attached hydrogen (secondary N) is 2. The third-order valence-corrected chi connectivity index (χ3v) is 5.40. The van der Waals surface area contributed by atoms with E-state index >= 15 is 0 Å². The van der Waals surface area contributed by atoms with Crippen LogP contribution in [0.15, 0.2) is 48.5 Å². The molecule has 0 bridgehead atoms. The van der Waals surface area contributed by atoms with Crippen molar-refractivity contribution in [3.05, 3.63) is 59.7 Å². The Morgan fingerprint density at radius 1 is 1.00 bits per heavy atom. The third kappa shape index (κ3) is 7.80. The number of phenolic OH excluding ortho intramolecular Hbond substituents is 2. The van der Waals surface area contributed by atoms with Gasteiger partial charge in [0.1, 0.15) is 0 Å². The van der Waals surface area contributed by atoms with E-state index in [4.69, 9.17) is 0 Å². The maximum absolute atomic E-state index is 13.0. The number of carbonyl (C=O) groups excluding carboxylic acids is 2. The average molecular weight is 442 g/mol. The summed E-state index contributed by atoms with van der Waals surface area (Å²) in [4.78, 5) is 25.6. The van der Waals surface area contributed by atoms with Crippen molar-refractivity contribution >= 4 is 11.9 Å². The number of phenols is 2. The fourth-order valence-corrected chi connectivity index (χ4v) is 3.43. The molecule has 0 aliphatic rings. The smallest absolute Gasteiger partial charge is 0.333 e. The molecule has 0 aliphatic carbocycles. The van der Waals surface area contributed by atoms with E-state index in [0.29, 0.717) is 43.7 Å². The molecular weight excluding hydrogens is 406 g/mol. The molecule has 0 fully saturated rings. The Labute approximate surface area is 190 Å². The number of hydrazine groups is 1. The molecule has 2 rings (SSSR count). The summed E-state index contributed by atoms with van der Waals surface area (Å²) in [5.41, 5.74) is 4.31. The van der Waals surface area contributed by atoms with Crippen LogP contribution in [-0.2, 0) is 17.8 Å². The quantitative estimate of drug-likeness (QED) is 0.322. The van der Waals surface area contributed by atoms with Gasteiger partial charge in [0, 0.05) is 13.0 Å².